The van der Waals surface area contributed by atoms with Crippen LogP contribution in [0.3, 0.4) is 0 Å². The van der Waals surface area contributed by atoms with E-state index in [0.717, 1.165) is 16.3 Å². The molecule has 1 unspecified atom stereocenters. The van der Waals surface area contributed by atoms with Crippen molar-refractivity contribution in [2.24, 2.45) is 0 Å². The summed E-state index contributed by atoms with van der Waals surface area (Å²) in [5.74, 6) is -0.274. The number of hydrogen-bond acceptors (Lipinski definition) is 6. The first-order chi connectivity index (χ1) is 14.5. The molecule has 0 radical (unpaired) electrons. The van der Waals surface area contributed by atoms with E-state index in [2.05, 4.69) is 20.7 Å². The van der Waals surface area contributed by atoms with E-state index in [4.69, 9.17) is 4.74 Å². The highest BCUT2D eigenvalue weighted by Crippen LogP contribution is 2.21. The number of nitrogens with zero attached hydrogens (tertiary/aromatic N) is 3. The third kappa shape index (κ3) is 6.50. The smallest absolute Gasteiger partial charge is 0.246 e. The molecule has 3 rings (SSSR count). The van der Waals surface area contributed by atoms with Crippen LogP contribution in [0.15, 0.2) is 48.1 Å². The van der Waals surface area contributed by atoms with Gasteiger partial charge in [-0.25, -0.2) is 4.98 Å². The number of ether oxygens (including phenoxy) is 1. The number of carbonyl (C=O) groups excluding carboxylic acids is 2. The topological polar surface area (TPSA) is 98.1 Å². The number of carbonyl (C=O) groups is 2. The van der Waals surface area contributed by atoms with Gasteiger partial charge in [0.05, 0.1) is 12.1 Å². The van der Waals surface area contributed by atoms with Gasteiger partial charge in [-0.2, -0.15) is 5.10 Å². The van der Waals surface area contributed by atoms with E-state index in [1.807, 2.05) is 43.5 Å². The van der Waals surface area contributed by atoms with Gasteiger partial charge in [-0.3, -0.25) is 14.3 Å². The van der Waals surface area contributed by atoms with Gasteiger partial charge in [0.2, 0.25) is 11.8 Å². The highest BCUT2D eigenvalue weighted by Gasteiger charge is 2.12. The summed E-state index contributed by atoms with van der Waals surface area (Å²) in [7, 11) is 0. The van der Waals surface area contributed by atoms with E-state index in [0.29, 0.717) is 18.8 Å². The van der Waals surface area contributed by atoms with E-state index in [-0.39, 0.29) is 30.9 Å². The Morgan fingerprint density at radius 2 is 2.13 bits per heavy atom. The normalized spacial score (nSPS) is 11.8. The first-order valence-electron chi connectivity index (χ1n) is 9.72. The van der Waals surface area contributed by atoms with Gasteiger partial charge >= 0.3 is 0 Å². The average Bonchev–Trinajstić information content (AvgIpc) is 3.39. The van der Waals surface area contributed by atoms with Crippen molar-refractivity contribution in [2.75, 3.05) is 11.9 Å². The molecular weight excluding hydrogens is 402 g/mol. The molecule has 0 bridgehead atoms. The highest BCUT2D eigenvalue weighted by molar-refractivity contribution is 7.09. The summed E-state index contributed by atoms with van der Waals surface area (Å²) in [6.45, 7) is 5.03. The molecule has 2 aromatic heterocycles. The summed E-state index contributed by atoms with van der Waals surface area (Å²) in [6.07, 6.45) is 3.51. The summed E-state index contributed by atoms with van der Waals surface area (Å²) in [4.78, 5) is 28.8. The van der Waals surface area contributed by atoms with E-state index in [1.165, 1.54) is 11.3 Å². The highest BCUT2D eigenvalue weighted by atomic mass is 32.1. The molecule has 2 amide bonds. The monoisotopic (exact) mass is 427 g/mol. The van der Waals surface area contributed by atoms with Crippen molar-refractivity contribution in [1.82, 2.24) is 20.1 Å². The molecule has 0 spiro atoms. The fourth-order valence-corrected chi connectivity index (χ4v) is 3.66. The molecule has 1 atom stereocenters. The molecule has 0 aliphatic carbocycles. The Hall–Kier alpha value is -3.04. The number of benzene rings is 1. The first kappa shape index (κ1) is 21.7. The molecule has 9 heteroatoms. The zero-order chi connectivity index (χ0) is 21.3. The quantitative estimate of drug-likeness (QED) is 0.518. The summed E-state index contributed by atoms with van der Waals surface area (Å²) in [5.41, 5.74) is 2.30. The van der Waals surface area contributed by atoms with Crippen molar-refractivity contribution in [3.8, 4) is 0 Å². The third-order valence-corrected chi connectivity index (χ3v) is 5.30. The molecule has 0 saturated carbocycles. The van der Waals surface area contributed by atoms with Crippen molar-refractivity contribution in [2.45, 2.75) is 39.5 Å². The summed E-state index contributed by atoms with van der Waals surface area (Å²) in [5, 5.41) is 12.5. The number of aromatic nitrogens is 3. The lowest BCUT2D eigenvalue weighted by molar-refractivity contribution is -0.120. The van der Waals surface area contributed by atoms with E-state index in [9.17, 15) is 9.59 Å². The van der Waals surface area contributed by atoms with E-state index in [1.54, 1.807) is 23.1 Å². The van der Waals surface area contributed by atoms with Crippen LogP contribution in [-0.4, -0.2) is 33.2 Å². The average molecular weight is 428 g/mol. The van der Waals surface area contributed by atoms with Gasteiger partial charge in [-0.05, 0) is 37.6 Å². The fraction of sp³-hybridized carbons (Fsp3) is 0.333. The molecule has 0 fully saturated rings. The molecule has 158 valence electrons. The van der Waals surface area contributed by atoms with Crippen LogP contribution >= 0.6 is 11.3 Å². The summed E-state index contributed by atoms with van der Waals surface area (Å²) >= 11 is 1.50. The SMILES string of the molecule is CCOC(C)c1nc(CC(=O)NCc2cccc(NC(=O)Cn3cccn3)c2)cs1. The number of anilines is 1. The number of nitrogens with one attached hydrogen (secondary N) is 2. The van der Waals surface area contributed by atoms with Crippen LogP contribution in [0.5, 0.6) is 0 Å². The molecular formula is C21H25N5O3S. The van der Waals surface area contributed by atoms with Crippen LogP contribution in [0.1, 0.15) is 36.2 Å². The molecule has 0 saturated heterocycles. The van der Waals surface area contributed by atoms with Gasteiger partial charge in [-0.15, -0.1) is 11.3 Å². The number of rotatable bonds is 10. The number of thiazole rings is 1. The maximum Gasteiger partial charge on any atom is 0.246 e. The minimum absolute atomic E-state index is 0.0666. The maximum absolute atomic E-state index is 12.3. The van der Waals surface area contributed by atoms with E-state index >= 15 is 0 Å². The minimum Gasteiger partial charge on any atom is -0.372 e. The number of hydrogen-bond donors (Lipinski definition) is 2. The van der Waals surface area contributed by atoms with Crippen molar-refractivity contribution in [3.63, 3.8) is 0 Å². The second-order valence-corrected chi connectivity index (χ2v) is 7.57. The van der Waals surface area contributed by atoms with Gasteiger partial charge in [0.25, 0.3) is 0 Å². The van der Waals surface area contributed by atoms with Gasteiger partial charge < -0.3 is 15.4 Å². The lowest BCUT2D eigenvalue weighted by atomic mass is 10.2. The van der Waals surface area contributed by atoms with Gasteiger partial charge in [0, 0.05) is 36.6 Å². The maximum atomic E-state index is 12.3. The Morgan fingerprint density at radius 1 is 1.27 bits per heavy atom. The lowest BCUT2D eigenvalue weighted by Crippen LogP contribution is -2.25. The molecule has 0 aliphatic heterocycles. The van der Waals surface area contributed by atoms with Crippen molar-refractivity contribution in [3.05, 3.63) is 64.4 Å². The Balaban J connectivity index is 1.48. The van der Waals surface area contributed by atoms with Gasteiger partial charge in [0.1, 0.15) is 17.7 Å². The second-order valence-electron chi connectivity index (χ2n) is 6.68. The third-order valence-electron chi connectivity index (χ3n) is 4.24. The van der Waals surface area contributed by atoms with Crippen LogP contribution in [-0.2, 0) is 33.8 Å². The molecule has 8 nitrogen and oxygen atoms in total. The molecule has 0 aliphatic rings. The zero-order valence-corrected chi connectivity index (χ0v) is 17.8. The Labute approximate surface area is 179 Å². The predicted octanol–water partition coefficient (Wildman–Crippen LogP) is 2.93. The molecule has 2 heterocycles. The summed E-state index contributed by atoms with van der Waals surface area (Å²) in [6, 6.07) is 9.15. The van der Waals surface area contributed by atoms with Crippen molar-refractivity contribution in [1.29, 1.82) is 0 Å². The van der Waals surface area contributed by atoms with Crippen LogP contribution in [0.4, 0.5) is 5.69 Å². The zero-order valence-electron chi connectivity index (χ0n) is 17.0. The minimum atomic E-state index is -0.166. The standard InChI is InChI=1S/C21H25N5O3S/c1-3-29-15(2)21-25-18(14-30-21)11-19(27)22-12-16-6-4-7-17(10-16)24-20(28)13-26-9-5-8-23-26/h4-10,14-15H,3,11-13H2,1-2H3,(H,22,27)(H,24,28). The Morgan fingerprint density at radius 3 is 2.90 bits per heavy atom. The van der Waals surface area contributed by atoms with E-state index < -0.39 is 0 Å². The largest absolute Gasteiger partial charge is 0.372 e. The Kier molecular flexibility index (Phi) is 7.69. The second kappa shape index (κ2) is 10.7. The molecule has 2 N–H and O–H groups in total. The predicted molar refractivity (Wildman–Crippen MR) is 115 cm³/mol. The lowest BCUT2D eigenvalue weighted by Gasteiger charge is -2.09. The van der Waals surface area contributed by atoms with Crippen LogP contribution in [0.2, 0.25) is 0 Å². The number of amides is 2. The Bertz CT molecular complexity index is 971. The van der Waals surface area contributed by atoms with Gasteiger partial charge in [0.15, 0.2) is 0 Å². The fourth-order valence-electron chi connectivity index (χ4n) is 2.84. The molecule has 1 aromatic carbocycles. The van der Waals surface area contributed by atoms with Gasteiger partial charge in [-0.1, -0.05) is 12.1 Å². The first-order valence-corrected chi connectivity index (χ1v) is 10.6. The van der Waals surface area contributed by atoms with Crippen molar-refractivity contribution >= 4 is 28.8 Å². The molecule has 30 heavy (non-hydrogen) atoms. The molecule has 3 aromatic rings. The summed E-state index contributed by atoms with van der Waals surface area (Å²) < 4.78 is 7.09. The van der Waals surface area contributed by atoms with Crippen LogP contribution < -0.4 is 10.6 Å². The van der Waals surface area contributed by atoms with Crippen LogP contribution in [0, 0.1) is 0 Å². The van der Waals surface area contributed by atoms with Crippen LogP contribution in [0.25, 0.3) is 0 Å². The van der Waals surface area contributed by atoms with Crippen molar-refractivity contribution < 1.29 is 14.3 Å².